The van der Waals surface area contributed by atoms with Gasteiger partial charge in [0.05, 0.1) is 0 Å². The molecule has 0 aliphatic carbocycles. The van der Waals surface area contributed by atoms with Crippen LogP contribution in [0, 0.1) is 18.8 Å². The number of benzene rings is 1. The first-order valence-electron chi connectivity index (χ1n) is 8.03. The van der Waals surface area contributed by atoms with E-state index in [1.165, 1.54) is 23.6 Å². The maximum atomic E-state index is 3.67. The molecular formula is C18H33NSi. The van der Waals surface area contributed by atoms with Gasteiger partial charge < -0.3 is 5.32 Å². The molecule has 0 saturated heterocycles. The summed E-state index contributed by atoms with van der Waals surface area (Å²) in [7, 11) is -1.01. The van der Waals surface area contributed by atoms with E-state index in [-0.39, 0.29) is 0 Å². The van der Waals surface area contributed by atoms with Gasteiger partial charge in [-0.05, 0) is 49.4 Å². The predicted octanol–water partition coefficient (Wildman–Crippen LogP) is 4.74. The fourth-order valence-corrected chi connectivity index (χ4v) is 4.83. The number of hydrogen-bond acceptors (Lipinski definition) is 1. The molecule has 1 N–H and O–H groups in total. The highest BCUT2D eigenvalue weighted by molar-refractivity contribution is 6.76. The minimum absolute atomic E-state index is 0.737. The molecule has 1 unspecified atom stereocenters. The van der Waals surface area contributed by atoms with Gasteiger partial charge in [0, 0.05) is 8.07 Å². The van der Waals surface area contributed by atoms with Crippen LogP contribution in [0.1, 0.15) is 25.0 Å². The quantitative estimate of drug-likeness (QED) is 0.682. The molecule has 0 aromatic heterocycles. The molecule has 0 bridgehead atoms. The van der Waals surface area contributed by atoms with Crippen LogP contribution in [0.5, 0.6) is 0 Å². The van der Waals surface area contributed by atoms with Crippen LogP contribution in [0.3, 0.4) is 0 Å². The monoisotopic (exact) mass is 291 g/mol. The highest BCUT2D eigenvalue weighted by atomic mass is 28.3. The SMILES string of the molecule is Cc1ccccc1CC(CNCC(C)C)C[Si](C)(C)C. The molecule has 0 heterocycles. The van der Waals surface area contributed by atoms with Crippen LogP contribution in [0.25, 0.3) is 0 Å². The summed E-state index contributed by atoms with van der Waals surface area (Å²) in [6.07, 6.45) is 1.22. The van der Waals surface area contributed by atoms with Gasteiger partial charge in [0.15, 0.2) is 0 Å². The lowest BCUT2D eigenvalue weighted by molar-refractivity contribution is 0.469. The van der Waals surface area contributed by atoms with Crippen LogP contribution in [0.4, 0.5) is 0 Å². The number of rotatable bonds is 8. The molecule has 0 fully saturated rings. The topological polar surface area (TPSA) is 12.0 Å². The van der Waals surface area contributed by atoms with Gasteiger partial charge in [-0.3, -0.25) is 0 Å². The van der Waals surface area contributed by atoms with Crippen LogP contribution in [0.2, 0.25) is 25.7 Å². The molecule has 0 aliphatic rings. The highest BCUT2D eigenvalue weighted by Crippen LogP contribution is 2.22. The summed E-state index contributed by atoms with van der Waals surface area (Å²) in [6, 6.07) is 10.3. The fraction of sp³-hybridized carbons (Fsp3) is 0.667. The summed E-state index contributed by atoms with van der Waals surface area (Å²) in [5.41, 5.74) is 2.97. The lowest BCUT2D eigenvalue weighted by atomic mass is 9.97. The van der Waals surface area contributed by atoms with Crippen molar-refractivity contribution in [2.75, 3.05) is 13.1 Å². The van der Waals surface area contributed by atoms with Gasteiger partial charge in [0.1, 0.15) is 0 Å². The number of hydrogen-bond donors (Lipinski definition) is 1. The summed E-state index contributed by atoms with van der Waals surface area (Å²) in [5, 5.41) is 3.67. The predicted molar refractivity (Wildman–Crippen MR) is 94.2 cm³/mol. The Morgan fingerprint density at radius 1 is 1.05 bits per heavy atom. The second kappa shape index (κ2) is 7.99. The molecule has 20 heavy (non-hydrogen) atoms. The maximum absolute atomic E-state index is 3.67. The highest BCUT2D eigenvalue weighted by Gasteiger charge is 2.21. The summed E-state index contributed by atoms with van der Waals surface area (Å²) >= 11 is 0. The lowest BCUT2D eigenvalue weighted by Crippen LogP contribution is -2.33. The van der Waals surface area contributed by atoms with E-state index in [9.17, 15) is 0 Å². The van der Waals surface area contributed by atoms with E-state index in [0.717, 1.165) is 24.9 Å². The summed E-state index contributed by atoms with van der Waals surface area (Å²) in [5.74, 6) is 1.52. The van der Waals surface area contributed by atoms with E-state index in [0.29, 0.717) is 0 Å². The standard InChI is InChI=1S/C18H33NSi/c1-15(2)12-19-13-17(14-20(4,5)6)11-18-10-8-7-9-16(18)3/h7-10,15,17,19H,11-14H2,1-6H3. The van der Waals surface area contributed by atoms with Crippen molar-refractivity contribution in [1.82, 2.24) is 5.32 Å². The summed E-state index contributed by atoms with van der Waals surface area (Å²) in [4.78, 5) is 0. The molecule has 114 valence electrons. The molecule has 1 nitrogen and oxygen atoms in total. The first kappa shape index (κ1) is 17.4. The molecule has 0 spiro atoms. The third-order valence-corrected chi connectivity index (χ3v) is 5.46. The van der Waals surface area contributed by atoms with Crippen molar-refractivity contribution in [1.29, 1.82) is 0 Å². The van der Waals surface area contributed by atoms with Gasteiger partial charge in [-0.1, -0.05) is 63.8 Å². The summed E-state index contributed by atoms with van der Waals surface area (Å²) in [6.45, 7) is 16.6. The second-order valence-corrected chi connectivity index (χ2v) is 13.3. The third-order valence-electron chi connectivity index (χ3n) is 3.66. The van der Waals surface area contributed by atoms with Crippen molar-refractivity contribution in [3.63, 3.8) is 0 Å². The molecule has 1 aromatic rings. The van der Waals surface area contributed by atoms with Crippen molar-refractivity contribution in [3.05, 3.63) is 35.4 Å². The number of nitrogens with one attached hydrogen (secondary N) is 1. The van der Waals surface area contributed by atoms with Gasteiger partial charge in [-0.25, -0.2) is 0 Å². The normalized spacial score (nSPS) is 13.8. The molecule has 1 atom stereocenters. The van der Waals surface area contributed by atoms with Gasteiger partial charge in [0.25, 0.3) is 0 Å². The molecule has 0 amide bonds. The Balaban J connectivity index is 2.64. The van der Waals surface area contributed by atoms with E-state index in [4.69, 9.17) is 0 Å². The molecule has 0 aliphatic heterocycles. The number of aryl methyl sites for hydroxylation is 1. The largest absolute Gasteiger partial charge is 0.316 e. The van der Waals surface area contributed by atoms with E-state index in [1.807, 2.05) is 0 Å². The Kier molecular flexibility index (Phi) is 6.97. The van der Waals surface area contributed by atoms with E-state index in [2.05, 4.69) is 70.0 Å². The second-order valence-electron chi connectivity index (χ2n) is 7.81. The Morgan fingerprint density at radius 3 is 2.25 bits per heavy atom. The van der Waals surface area contributed by atoms with Crippen LogP contribution in [0.15, 0.2) is 24.3 Å². The van der Waals surface area contributed by atoms with Gasteiger partial charge in [0.2, 0.25) is 0 Å². The molecule has 0 saturated carbocycles. The Hall–Kier alpha value is -0.603. The van der Waals surface area contributed by atoms with E-state index >= 15 is 0 Å². The van der Waals surface area contributed by atoms with Crippen LogP contribution < -0.4 is 5.32 Å². The maximum Gasteiger partial charge on any atom is 0.0446 e. The van der Waals surface area contributed by atoms with Crippen molar-refractivity contribution >= 4 is 8.07 Å². The summed E-state index contributed by atoms with van der Waals surface area (Å²) < 4.78 is 0. The van der Waals surface area contributed by atoms with Gasteiger partial charge >= 0.3 is 0 Å². The van der Waals surface area contributed by atoms with Gasteiger partial charge in [-0.2, -0.15) is 0 Å². The minimum Gasteiger partial charge on any atom is -0.316 e. The van der Waals surface area contributed by atoms with Crippen molar-refractivity contribution in [2.24, 2.45) is 11.8 Å². The van der Waals surface area contributed by atoms with Gasteiger partial charge in [-0.15, -0.1) is 0 Å². The average molecular weight is 292 g/mol. The average Bonchev–Trinajstić information content (AvgIpc) is 2.29. The fourth-order valence-electron chi connectivity index (χ4n) is 2.81. The minimum atomic E-state index is -1.01. The smallest absolute Gasteiger partial charge is 0.0446 e. The van der Waals surface area contributed by atoms with Crippen LogP contribution >= 0.6 is 0 Å². The Bertz CT molecular complexity index is 393. The first-order chi connectivity index (χ1) is 9.28. The van der Waals surface area contributed by atoms with Crippen LogP contribution in [-0.2, 0) is 6.42 Å². The molecule has 0 radical (unpaired) electrons. The zero-order chi connectivity index (χ0) is 15.2. The Labute approximate surface area is 127 Å². The zero-order valence-electron chi connectivity index (χ0n) is 14.3. The molecule has 1 aromatic carbocycles. The molecule has 1 rings (SSSR count). The van der Waals surface area contributed by atoms with Crippen molar-refractivity contribution in [2.45, 2.75) is 52.9 Å². The lowest BCUT2D eigenvalue weighted by Gasteiger charge is -2.26. The molecule has 2 heteroatoms. The van der Waals surface area contributed by atoms with Crippen molar-refractivity contribution in [3.8, 4) is 0 Å². The zero-order valence-corrected chi connectivity index (χ0v) is 15.3. The third kappa shape index (κ3) is 7.25. The van der Waals surface area contributed by atoms with Crippen LogP contribution in [-0.4, -0.2) is 21.2 Å². The van der Waals surface area contributed by atoms with E-state index in [1.54, 1.807) is 0 Å². The Morgan fingerprint density at radius 2 is 1.70 bits per heavy atom. The van der Waals surface area contributed by atoms with Crippen molar-refractivity contribution < 1.29 is 0 Å². The first-order valence-corrected chi connectivity index (χ1v) is 11.7. The molecular weight excluding hydrogens is 258 g/mol. The van der Waals surface area contributed by atoms with E-state index < -0.39 is 8.07 Å².